The number of sulfonamides is 1. The third-order valence-electron chi connectivity index (χ3n) is 2.10. The zero-order valence-electron chi connectivity index (χ0n) is 8.07. The molecule has 1 aliphatic heterocycles. The SMILES string of the molecule is O=C(O)C1Nc2cc(Cl)cc(Cl)c2S(=O)(=O)N1. The number of fused-ring (bicyclic) bond motifs is 1. The highest BCUT2D eigenvalue weighted by Crippen LogP contribution is 2.35. The summed E-state index contributed by atoms with van der Waals surface area (Å²) in [6, 6.07) is 2.57. The summed E-state index contributed by atoms with van der Waals surface area (Å²) in [5.74, 6) is -1.35. The minimum atomic E-state index is -3.97. The average molecular weight is 297 g/mol. The first-order chi connectivity index (χ1) is 7.81. The normalized spacial score (nSPS) is 21.4. The van der Waals surface area contributed by atoms with Gasteiger partial charge in [0.2, 0.25) is 10.0 Å². The lowest BCUT2D eigenvalue weighted by molar-refractivity contribution is -0.138. The Balaban J connectivity index is 2.65. The van der Waals surface area contributed by atoms with E-state index >= 15 is 0 Å². The standard InChI is InChI=1S/C8H6Cl2N2O4S/c9-3-1-4(10)6-5(2-3)11-7(8(13)14)12-17(6,15)16/h1-2,7,11-12H,(H,13,14). The Morgan fingerprint density at radius 2 is 2.00 bits per heavy atom. The number of hydrogen-bond acceptors (Lipinski definition) is 4. The lowest BCUT2D eigenvalue weighted by atomic mass is 10.3. The van der Waals surface area contributed by atoms with Crippen molar-refractivity contribution in [1.82, 2.24) is 4.72 Å². The van der Waals surface area contributed by atoms with Crippen LogP contribution in [0.1, 0.15) is 0 Å². The number of carboxylic acid groups (broad SMARTS) is 1. The van der Waals surface area contributed by atoms with Gasteiger partial charge < -0.3 is 10.4 Å². The molecule has 3 N–H and O–H groups in total. The van der Waals surface area contributed by atoms with Crippen molar-refractivity contribution in [3.05, 3.63) is 22.2 Å². The van der Waals surface area contributed by atoms with Crippen molar-refractivity contribution in [2.75, 3.05) is 5.32 Å². The van der Waals surface area contributed by atoms with Gasteiger partial charge in [-0.2, -0.15) is 4.72 Å². The van der Waals surface area contributed by atoms with Crippen LogP contribution in [0.3, 0.4) is 0 Å². The topological polar surface area (TPSA) is 95.5 Å². The fourth-order valence-corrected chi connectivity index (χ4v) is 3.56. The number of nitrogens with one attached hydrogen (secondary N) is 2. The smallest absolute Gasteiger partial charge is 0.342 e. The number of benzene rings is 1. The predicted octanol–water partition coefficient (Wildman–Crippen LogP) is 1.11. The molecular weight excluding hydrogens is 291 g/mol. The summed E-state index contributed by atoms with van der Waals surface area (Å²) in [5, 5.41) is 11.4. The second-order valence-corrected chi connectivity index (χ2v) is 5.80. The van der Waals surface area contributed by atoms with E-state index in [0.717, 1.165) is 0 Å². The van der Waals surface area contributed by atoms with Crippen molar-refractivity contribution in [2.45, 2.75) is 11.1 Å². The predicted molar refractivity (Wildman–Crippen MR) is 61.8 cm³/mol. The Hall–Kier alpha value is -1.02. The molecule has 1 unspecified atom stereocenters. The molecule has 0 bridgehead atoms. The number of hydrogen-bond donors (Lipinski definition) is 3. The van der Waals surface area contributed by atoms with Gasteiger partial charge in [0.25, 0.3) is 0 Å². The van der Waals surface area contributed by atoms with E-state index in [1.165, 1.54) is 12.1 Å². The first kappa shape index (κ1) is 12.4. The van der Waals surface area contributed by atoms with E-state index in [1.54, 1.807) is 0 Å². The highest BCUT2D eigenvalue weighted by Gasteiger charge is 2.35. The highest BCUT2D eigenvalue weighted by atomic mass is 35.5. The molecule has 92 valence electrons. The van der Waals surface area contributed by atoms with Crippen molar-refractivity contribution < 1.29 is 18.3 Å². The molecule has 17 heavy (non-hydrogen) atoms. The maximum absolute atomic E-state index is 11.8. The number of anilines is 1. The van der Waals surface area contributed by atoms with Gasteiger partial charge in [-0.25, -0.2) is 13.2 Å². The lowest BCUT2D eigenvalue weighted by Gasteiger charge is -2.25. The van der Waals surface area contributed by atoms with Crippen LogP contribution in [0.2, 0.25) is 10.0 Å². The van der Waals surface area contributed by atoms with Crippen LogP contribution < -0.4 is 10.0 Å². The van der Waals surface area contributed by atoms with Gasteiger partial charge >= 0.3 is 5.97 Å². The maximum Gasteiger partial charge on any atom is 0.342 e. The van der Waals surface area contributed by atoms with E-state index in [-0.39, 0.29) is 20.6 Å². The van der Waals surface area contributed by atoms with Crippen LogP contribution in [-0.4, -0.2) is 25.7 Å². The molecule has 0 aliphatic carbocycles. The summed E-state index contributed by atoms with van der Waals surface area (Å²) < 4.78 is 25.5. The van der Waals surface area contributed by atoms with Crippen LogP contribution in [0.25, 0.3) is 0 Å². The first-order valence-electron chi connectivity index (χ1n) is 4.32. The molecule has 0 spiro atoms. The van der Waals surface area contributed by atoms with Crippen molar-refractivity contribution >= 4 is 44.9 Å². The number of carbonyl (C=O) groups is 1. The quantitative estimate of drug-likeness (QED) is 0.721. The second kappa shape index (κ2) is 4.02. The average Bonchev–Trinajstić information content (AvgIpc) is 2.13. The molecule has 2 rings (SSSR count). The van der Waals surface area contributed by atoms with E-state index in [9.17, 15) is 13.2 Å². The maximum atomic E-state index is 11.8. The molecule has 1 aromatic carbocycles. The molecule has 1 atom stereocenters. The Bertz CT molecular complexity index is 602. The van der Waals surface area contributed by atoms with E-state index < -0.39 is 22.2 Å². The molecule has 1 aliphatic rings. The van der Waals surface area contributed by atoms with E-state index in [4.69, 9.17) is 28.3 Å². The fourth-order valence-electron chi connectivity index (χ4n) is 1.45. The van der Waals surface area contributed by atoms with Gasteiger partial charge in [-0.1, -0.05) is 23.2 Å². The van der Waals surface area contributed by atoms with Gasteiger partial charge in [-0.3, -0.25) is 0 Å². The summed E-state index contributed by atoms with van der Waals surface area (Å²) in [7, 11) is -3.97. The van der Waals surface area contributed by atoms with Crippen molar-refractivity contribution in [3.63, 3.8) is 0 Å². The molecule has 0 fully saturated rings. The molecule has 0 radical (unpaired) electrons. The molecule has 0 amide bonds. The van der Waals surface area contributed by atoms with Crippen molar-refractivity contribution in [1.29, 1.82) is 0 Å². The minimum Gasteiger partial charge on any atom is -0.479 e. The molecule has 6 nitrogen and oxygen atoms in total. The molecule has 0 saturated carbocycles. The van der Waals surface area contributed by atoms with E-state index in [1.807, 2.05) is 4.72 Å². The van der Waals surface area contributed by atoms with Crippen LogP contribution in [0.5, 0.6) is 0 Å². The lowest BCUT2D eigenvalue weighted by Crippen LogP contribution is -2.49. The van der Waals surface area contributed by atoms with E-state index in [0.29, 0.717) is 0 Å². The number of carboxylic acids is 1. The summed E-state index contributed by atoms with van der Waals surface area (Å²) in [6.07, 6.45) is -1.44. The molecule has 0 saturated heterocycles. The summed E-state index contributed by atoms with van der Waals surface area (Å²) in [5.41, 5.74) is 0.0636. The van der Waals surface area contributed by atoms with E-state index in [2.05, 4.69) is 5.32 Å². The Kier molecular flexibility index (Phi) is 2.94. The Morgan fingerprint density at radius 1 is 1.35 bits per heavy atom. The van der Waals surface area contributed by atoms with Gasteiger partial charge in [0.15, 0.2) is 6.17 Å². The number of aliphatic carboxylic acids is 1. The fraction of sp³-hybridized carbons (Fsp3) is 0.125. The zero-order valence-corrected chi connectivity index (χ0v) is 10.4. The zero-order chi connectivity index (χ0) is 12.8. The monoisotopic (exact) mass is 296 g/mol. The third kappa shape index (κ3) is 2.19. The van der Waals surface area contributed by atoms with Crippen LogP contribution in [0, 0.1) is 0 Å². The van der Waals surface area contributed by atoms with Crippen LogP contribution in [-0.2, 0) is 14.8 Å². The summed E-state index contributed by atoms with van der Waals surface area (Å²) in [4.78, 5) is 10.6. The van der Waals surface area contributed by atoms with Gasteiger partial charge in [-0.15, -0.1) is 0 Å². The second-order valence-electron chi connectivity index (χ2n) is 3.30. The van der Waals surface area contributed by atoms with Crippen molar-refractivity contribution in [2.24, 2.45) is 0 Å². The molecule has 0 aromatic heterocycles. The third-order valence-corrected chi connectivity index (χ3v) is 4.25. The highest BCUT2D eigenvalue weighted by molar-refractivity contribution is 7.90. The first-order valence-corrected chi connectivity index (χ1v) is 6.56. The van der Waals surface area contributed by atoms with Gasteiger partial charge in [-0.05, 0) is 12.1 Å². The number of rotatable bonds is 1. The minimum absolute atomic E-state index is 0.0636. The molecule has 1 heterocycles. The Labute approximate surface area is 107 Å². The number of halogens is 2. The Morgan fingerprint density at radius 3 is 2.59 bits per heavy atom. The van der Waals surface area contributed by atoms with Crippen LogP contribution in [0.15, 0.2) is 17.0 Å². The van der Waals surface area contributed by atoms with Gasteiger partial charge in [0.05, 0.1) is 10.7 Å². The van der Waals surface area contributed by atoms with Crippen molar-refractivity contribution in [3.8, 4) is 0 Å². The van der Waals surface area contributed by atoms with Crippen LogP contribution in [0.4, 0.5) is 5.69 Å². The largest absolute Gasteiger partial charge is 0.479 e. The molecular formula is C8H6Cl2N2O4S. The van der Waals surface area contributed by atoms with Gasteiger partial charge in [0.1, 0.15) is 4.90 Å². The van der Waals surface area contributed by atoms with Gasteiger partial charge in [0, 0.05) is 5.02 Å². The summed E-state index contributed by atoms with van der Waals surface area (Å²) in [6.45, 7) is 0. The molecule has 1 aromatic rings. The summed E-state index contributed by atoms with van der Waals surface area (Å²) >= 11 is 11.5. The van der Waals surface area contributed by atoms with Crippen LogP contribution >= 0.6 is 23.2 Å². The molecule has 9 heteroatoms.